The van der Waals surface area contributed by atoms with E-state index in [0.29, 0.717) is 12.0 Å². The minimum absolute atomic E-state index is 0.0887. The summed E-state index contributed by atoms with van der Waals surface area (Å²) in [6, 6.07) is 11.5. The van der Waals surface area contributed by atoms with E-state index in [2.05, 4.69) is 4.98 Å². The third-order valence-corrected chi connectivity index (χ3v) is 5.47. The van der Waals surface area contributed by atoms with Gasteiger partial charge in [-0.3, -0.25) is 0 Å². The smallest absolute Gasteiger partial charge is 0.122 e. The van der Waals surface area contributed by atoms with Gasteiger partial charge in [-0.15, -0.1) is 0 Å². The van der Waals surface area contributed by atoms with Crippen molar-refractivity contribution in [2.75, 3.05) is 7.11 Å². The number of H-pyrrole nitrogens is 1. The number of aromatic hydroxyl groups is 1. The standard InChI is InChI=1S/C19H17NO3/c1-23-10-5-6-13-12(9-10)16-14(20-13)7-8-19(22)17-11(18(16)19)3-2-4-15(17)21/h2-6,9,18,20-22H,7-8H2,1H3/t18-,19+/m0/s1. The molecule has 5 rings (SSSR count). The number of nitrogens with one attached hydrogen (secondary N) is 1. The van der Waals surface area contributed by atoms with E-state index in [1.165, 1.54) is 5.69 Å². The number of hydrogen-bond donors (Lipinski definition) is 3. The van der Waals surface area contributed by atoms with Gasteiger partial charge in [0.15, 0.2) is 0 Å². The summed E-state index contributed by atoms with van der Waals surface area (Å²) in [7, 11) is 1.66. The van der Waals surface area contributed by atoms with E-state index < -0.39 is 5.60 Å². The van der Waals surface area contributed by atoms with Crippen molar-refractivity contribution in [1.82, 2.24) is 4.98 Å². The van der Waals surface area contributed by atoms with E-state index in [9.17, 15) is 10.2 Å². The van der Waals surface area contributed by atoms with Crippen molar-refractivity contribution in [2.45, 2.75) is 24.4 Å². The van der Waals surface area contributed by atoms with Gasteiger partial charge in [0.1, 0.15) is 17.1 Å². The number of aliphatic hydroxyl groups is 1. The van der Waals surface area contributed by atoms with E-state index >= 15 is 0 Å². The van der Waals surface area contributed by atoms with Crippen LogP contribution in [0.15, 0.2) is 36.4 Å². The molecule has 0 unspecified atom stereocenters. The molecule has 2 aliphatic rings. The van der Waals surface area contributed by atoms with Gasteiger partial charge in [-0.1, -0.05) is 12.1 Å². The molecule has 3 N–H and O–H groups in total. The first kappa shape index (κ1) is 13.0. The Balaban J connectivity index is 1.81. The number of aromatic amines is 1. The molecule has 0 fully saturated rings. The van der Waals surface area contributed by atoms with E-state index in [-0.39, 0.29) is 11.7 Å². The maximum Gasteiger partial charge on any atom is 0.122 e. The van der Waals surface area contributed by atoms with Gasteiger partial charge in [-0.25, -0.2) is 0 Å². The topological polar surface area (TPSA) is 65.5 Å². The largest absolute Gasteiger partial charge is 0.508 e. The van der Waals surface area contributed by atoms with Crippen molar-refractivity contribution < 1.29 is 14.9 Å². The zero-order valence-corrected chi connectivity index (χ0v) is 12.8. The summed E-state index contributed by atoms with van der Waals surface area (Å²) in [5, 5.41) is 22.5. The lowest BCUT2D eigenvalue weighted by Crippen LogP contribution is -2.47. The van der Waals surface area contributed by atoms with Gasteiger partial charge in [-0.2, -0.15) is 0 Å². The Bertz CT molecular complexity index is 959. The van der Waals surface area contributed by atoms with E-state index in [1.54, 1.807) is 13.2 Å². The van der Waals surface area contributed by atoms with E-state index in [0.717, 1.165) is 34.2 Å². The summed E-state index contributed by atoms with van der Waals surface area (Å²) in [5.74, 6) is 0.917. The summed E-state index contributed by atoms with van der Waals surface area (Å²) in [6.45, 7) is 0. The minimum Gasteiger partial charge on any atom is -0.508 e. The fourth-order valence-electron chi connectivity index (χ4n) is 4.47. The number of hydrogen-bond acceptors (Lipinski definition) is 3. The Kier molecular flexibility index (Phi) is 2.31. The molecule has 0 saturated carbocycles. The SMILES string of the molecule is COc1ccc2[nH]c3c(c2c1)[C@@H]1c2cccc(O)c2[C@]1(O)CC3. The third kappa shape index (κ3) is 1.44. The zero-order valence-electron chi connectivity index (χ0n) is 12.8. The molecule has 3 aromatic rings. The number of aryl methyl sites for hydroxylation is 1. The number of phenols is 1. The molecular weight excluding hydrogens is 290 g/mol. The van der Waals surface area contributed by atoms with Crippen LogP contribution in [0.3, 0.4) is 0 Å². The van der Waals surface area contributed by atoms with Crippen molar-refractivity contribution in [3.63, 3.8) is 0 Å². The number of phenolic OH excluding ortho intramolecular Hbond substituents is 1. The van der Waals surface area contributed by atoms with Crippen LogP contribution in [0.2, 0.25) is 0 Å². The summed E-state index contributed by atoms with van der Waals surface area (Å²) in [4.78, 5) is 3.49. The molecule has 0 spiro atoms. The molecule has 0 bridgehead atoms. The lowest BCUT2D eigenvalue weighted by Gasteiger charge is -2.50. The van der Waals surface area contributed by atoms with E-state index in [4.69, 9.17) is 4.74 Å². The molecule has 4 nitrogen and oxygen atoms in total. The number of aromatic nitrogens is 1. The fraction of sp³-hybridized carbons (Fsp3) is 0.263. The molecule has 0 saturated heterocycles. The summed E-state index contributed by atoms with van der Waals surface area (Å²) >= 11 is 0. The maximum absolute atomic E-state index is 11.2. The maximum atomic E-state index is 11.2. The molecule has 1 aromatic heterocycles. The molecule has 2 aromatic carbocycles. The molecule has 116 valence electrons. The van der Waals surface area contributed by atoms with Crippen LogP contribution in [0.4, 0.5) is 0 Å². The highest BCUT2D eigenvalue weighted by atomic mass is 16.5. The number of fused-ring (bicyclic) bond motifs is 8. The van der Waals surface area contributed by atoms with Crippen LogP contribution in [0, 0.1) is 0 Å². The van der Waals surface area contributed by atoms with Crippen LogP contribution in [0.25, 0.3) is 10.9 Å². The third-order valence-electron chi connectivity index (χ3n) is 5.47. The summed E-state index contributed by atoms with van der Waals surface area (Å²) in [5.41, 5.74) is 4.15. The molecule has 2 aliphatic carbocycles. The summed E-state index contributed by atoms with van der Waals surface area (Å²) < 4.78 is 5.36. The molecule has 23 heavy (non-hydrogen) atoms. The molecular formula is C19H17NO3. The predicted molar refractivity (Wildman–Crippen MR) is 87.0 cm³/mol. The highest BCUT2D eigenvalue weighted by Crippen LogP contribution is 2.62. The molecule has 0 radical (unpaired) electrons. The van der Waals surface area contributed by atoms with Crippen LogP contribution < -0.4 is 4.74 Å². The van der Waals surface area contributed by atoms with Crippen molar-refractivity contribution in [3.05, 3.63) is 58.8 Å². The second-order valence-corrected chi connectivity index (χ2v) is 6.53. The Labute approximate surface area is 133 Å². The molecule has 2 atom stereocenters. The quantitative estimate of drug-likeness (QED) is 0.647. The van der Waals surface area contributed by atoms with Crippen LogP contribution in [0.1, 0.15) is 34.7 Å². The van der Waals surface area contributed by atoms with Crippen LogP contribution in [0.5, 0.6) is 11.5 Å². The van der Waals surface area contributed by atoms with Gasteiger partial charge in [0.05, 0.1) is 7.11 Å². The van der Waals surface area contributed by atoms with Crippen LogP contribution >= 0.6 is 0 Å². The van der Waals surface area contributed by atoms with Gasteiger partial charge in [-0.05, 0) is 48.2 Å². The molecule has 0 aliphatic heterocycles. The predicted octanol–water partition coefficient (Wildman–Crippen LogP) is 3.16. The molecule has 4 heteroatoms. The minimum atomic E-state index is -0.966. The van der Waals surface area contributed by atoms with E-state index in [1.807, 2.05) is 30.3 Å². The van der Waals surface area contributed by atoms with Crippen molar-refractivity contribution in [2.24, 2.45) is 0 Å². The number of benzene rings is 2. The highest BCUT2D eigenvalue weighted by molar-refractivity contribution is 5.89. The van der Waals surface area contributed by atoms with Crippen molar-refractivity contribution in [3.8, 4) is 11.5 Å². The summed E-state index contributed by atoms with van der Waals surface area (Å²) in [6.07, 6.45) is 1.40. The first-order valence-electron chi connectivity index (χ1n) is 7.86. The van der Waals surface area contributed by atoms with Crippen LogP contribution in [-0.4, -0.2) is 22.3 Å². The monoisotopic (exact) mass is 307 g/mol. The van der Waals surface area contributed by atoms with Crippen LogP contribution in [-0.2, 0) is 12.0 Å². The average molecular weight is 307 g/mol. The fourth-order valence-corrected chi connectivity index (χ4v) is 4.47. The first-order chi connectivity index (χ1) is 11.1. The Morgan fingerprint density at radius 2 is 2.13 bits per heavy atom. The lowest BCUT2D eigenvalue weighted by atomic mass is 9.56. The van der Waals surface area contributed by atoms with Gasteiger partial charge >= 0.3 is 0 Å². The molecule has 1 heterocycles. The Morgan fingerprint density at radius 3 is 2.96 bits per heavy atom. The Hall–Kier alpha value is -2.46. The van der Waals surface area contributed by atoms with Gasteiger partial charge < -0.3 is 19.9 Å². The number of methoxy groups -OCH3 is 1. The second kappa shape index (κ2) is 4.09. The average Bonchev–Trinajstić information content (AvgIpc) is 2.90. The van der Waals surface area contributed by atoms with Crippen molar-refractivity contribution >= 4 is 10.9 Å². The second-order valence-electron chi connectivity index (χ2n) is 6.53. The lowest BCUT2D eigenvalue weighted by molar-refractivity contribution is -0.0236. The molecule has 0 amide bonds. The number of rotatable bonds is 1. The van der Waals surface area contributed by atoms with Gasteiger partial charge in [0.25, 0.3) is 0 Å². The van der Waals surface area contributed by atoms with Gasteiger partial charge in [0, 0.05) is 28.1 Å². The zero-order chi connectivity index (χ0) is 15.8. The van der Waals surface area contributed by atoms with Crippen molar-refractivity contribution in [1.29, 1.82) is 0 Å². The first-order valence-corrected chi connectivity index (χ1v) is 7.86. The van der Waals surface area contributed by atoms with Gasteiger partial charge in [0.2, 0.25) is 0 Å². The Morgan fingerprint density at radius 1 is 1.26 bits per heavy atom. The normalized spacial score (nSPS) is 24.5. The number of ether oxygens (including phenoxy) is 1. The highest BCUT2D eigenvalue weighted by Gasteiger charge is 2.56.